The van der Waals surface area contributed by atoms with Gasteiger partial charge in [0.15, 0.2) is 6.29 Å². The molecule has 1 aliphatic rings. The van der Waals surface area contributed by atoms with Crippen LogP contribution in [0.25, 0.3) is 0 Å². The molecule has 3 amide bonds. The van der Waals surface area contributed by atoms with Crippen molar-refractivity contribution in [3.8, 4) is 5.75 Å². The van der Waals surface area contributed by atoms with E-state index in [4.69, 9.17) is 14.2 Å². The Morgan fingerprint density at radius 2 is 1.92 bits per heavy atom. The quantitative estimate of drug-likeness (QED) is 0.737. The van der Waals surface area contributed by atoms with Crippen LogP contribution >= 0.6 is 0 Å². The highest BCUT2D eigenvalue weighted by Gasteiger charge is 2.25. The Labute approximate surface area is 141 Å². The number of ether oxygens (including phenoxy) is 3. The van der Waals surface area contributed by atoms with Crippen LogP contribution in [0.1, 0.15) is 25.8 Å². The average Bonchev–Trinajstić information content (AvgIpc) is 2.54. The molecule has 0 aromatic heterocycles. The predicted octanol–water partition coefficient (Wildman–Crippen LogP) is 2.22. The van der Waals surface area contributed by atoms with E-state index in [0.29, 0.717) is 38.5 Å². The smallest absolute Gasteiger partial charge is 0.328 e. The normalized spacial score (nSPS) is 14.9. The van der Waals surface area contributed by atoms with E-state index < -0.39 is 12.3 Å². The largest absolute Gasteiger partial charge is 0.488 e. The molecular weight excluding hydrogens is 312 g/mol. The van der Waals surface area contributed by atoms with Crippen molar-refractivity contribution in [1.29, 1.82) is 0 Å². The standard InChI is InChI=1S/C17H24N2O5/c1-4-22-16(23-5-2)11-24-13-6-7-14(12(3)10-13)19-9-8-15(20)18-17(19)21/h6-7,10,16H,4-5,8-9,11H2,1-3H3,(H,18,20,21). The molecule has 132 valence electrons. The molecule has 1 aromatic carbocycles. The molecule has 0 saturated carbocycles. The SMILES string of the molecule is CCOC(COc1ccc(N2CCC(=O)NC2=O)c(C)c1)OCC. The highest BCUT2D eigenvalue weighted by Crippen LogP contribution is 2.26. The van der Waals surface area contributed by atoms with Crippen molar-refractivity contribution in [1.82, 2.24) is 5.32 Å². The minimum atomic E-state index is -0.404. The second-order valence-electron chi connectivity index (χ2n) is 5.35. The van der Waals surface area contributed by atoms with Gasteiger partial charge in [0.05, 0.1) is 0 Å². The molecule has 1 saturated heterocycles. The summed E-state index contributed by atoms with van der Waals surface area (Å²) < 4.78 is 16.6. The van der Waals surface area contributed by atoms with Crippen LogP contribution in [0.4, 0.5) is 10.5 Å². The fourth-order valence-corrected chi connectivity index (χ4v) is 2.49. The van der Waals surface area contributed by atoms with Crippen LogP contribution in [0, 0.1) is 6.92 Å². The maximum Gasteiger partial charge on any atom is 0.328 e. The van der Waals surface area contributed by atoms with Gasteiger partial charge in [-0.1, -0.05) is 0 Å². The van der Waals surface area contributed by atoms with E-state index in [9.17, 15) is 9.59 Å². The highest BCUT2D eigenvalue weighted by molar-refractivity contribution is 6.05. The average molecular weight is 336 g/mol. The minimum Gasteiger partial charge on any atom is -0.488 e. The minimum absolute atomic E-state index is 0.244. The van der Waals surface area contributed by atoms with E-state index in [0.717, 1.165) is 11.3 Å². The molecule has 0 unspecified atom stereocenters. The van der Waals surface area contributed by atoms with Gasteiger partial charge >= 0.3 is 6.03 Å². The molecule has 2 rings (SSSR count). The van der Waals surface area contributed by atoms with Gasteiger partial charge in [0.25, 0.3) is 0 Å². The Morgan fingerprint density at radius 3 is 2.50 bits per heavy atom. The third-order valence-electron chi connectivity index (χ3n) is 3.60. The van der Waals surface area contributed by atoms with E-state index >= 15 is 0 Å². The van der Waals surface area contributed by atoms with Gasteiger partial charge in [-0.2, -0.15) is 0 Å². The van der Waals surface area contributed by atoms with E-state index in [1.54, 1.807) is 11.0 Å². The molecule has 0 bridgehead atoms. The summed E-state index contributed by atoms with van der Waals surface area (Å²) in [7, 11) is 0. The van der Waals surface area contributed by atoms with Gasteiger partial charge < -0.3 is 14.2 Å². The number of hydrogen-bond donors (Lipinski definition) is 1. The molecule has 7 nitrogen and oxygen atoms in total. The van der Waals surface area contributed by atoms with Gasteiger partial charge in [-0.3, -0.25) is 15.0 Å². The summed E-state index contributed by atoms with van der Waals surface area (Å²) in [6.07, 6.45) is -0.104. The summed E-state index contributed by atoms with van der Waals surface area (Å²) in [6, 6.07) is 5.07. The summed E-state index contributed by atoms with van der Waals surface area (Å²) in [4.78, 5) is 24.7. The Balaban J connectivity index is 2.01. The van der Waals surface area contributed by atoms with Crippen molar-refractivity contribution < 1.29 is 23.8 Å². The van der Waals surface area contributed by atoms with Crippen LogP contribution in [0.15, 0.2) is 18.2 Å². The summed E-state index contributed by atoms with van der Waals surface area (Å²) in [5, 5.41) is 2.32. The van der Waals surface area contributed by atoms with E-state index in [1.807, 2.05) is 32.9 Å². The van der Waals surface area contributed by atoms with Gasteiger partial charge in [0, 0.05) is 31.9 Å². The van der Waals surface area contributed by atoms with Gasteiger partial charge in [-0.25, -0.2) is 4.79 Å². The lowest BCUT2D eigenvalue weighted by Gasteiger charge is -2.28. The first kappa shape index (κ1) is 18.2. The lowest BCUT2D eigenvalue weighted by Crippen LogP contribution is -2.49. The number of carbonyl (C=O) groups excluding carboxylic acids is 2. The lowest BCUT2D eigenvalue weighted by molar-refractivity contribution is -0.152. The van der Waals surface area contributed by atoms with Crippen molar-refractivity contribution in [3.05, 3.63) is 23.8 Å². The van der Waals surface area contributed by atoms with Crippen LogP contribution in [0.3, 0.4) is 0 Å². The van der Waals surface area contributed by atoms with Gasteiger partial charge in [-0.15, -0.1) is 0 Å². The highest BCUT2D eigenvalue weighted by atomic mass is 16.7. The molecule has 1 heterocycles. The lowest BCUT2D eigenvalue weighted by atomic mass is 10.1. The predicted molar refractivity (Wildman–Crippen MR) is 89.2 cm³/mol. The van der Waals surface area contributed by atoms with Crippen molar-refractivity contribution in [2.75, 3.05) is 31.3 Å². The van der Waals surface area contributed by atoms with Crippen LogP contribution in [-0.2, 0) is 14.3 Å². The monoisotopic (exact) mass is 336 g/mol. The first-order valence-corrected chi connectivity index (χ1v) is 8.13. The summed E-state index contributed by atoms with van der Waals surface area (Å²) in [6.45, 7) is 7.47. The fraction of sp³-hybridized carbons (Fsp3) is 0.529. The van der Waals surface area contributed by atoms with E-state index in [1.165, 1.54) is 0 Å². The number of rotatable bonds is 8. The molecule has 1 fully saturated rings. The van der Waals surface area contributed by atoms with Gasteiger partial charge in [0.2, 0.25) is 5.91 Å². The van der Waals surface area contributed by atoms with Crippen molar-refractivity contribution in [2.45, 2.75) is 33.5 Å². The number of urea groups is 1. The van der Waals surface area contributed by atoms with Gasteiger partial charge in [-0.05, 0) is 44.5 Å². The molecule has 24 heavy (non-hydrogen) atoms. The van der Waals surface area contributed by atoms with Gasteiger partial charge in [0.1, 0.15) is 12.4 Å². The first-order valence-electron chi connectivity index (χ1n) is 8.13. The molecule has 0 spiro atoms. The third kappa shape index (κ3) is 4.69. The maximum absolute atomic E-state index is 11.9. The number of benzene rings is 1. The molecular formula is C17H24N2O5. The Bertz CT molecular complexity index is 584. The third-order valence-corrected chi connectivity index (χ3v) is 3.60. The fourth-order valence-electron chi connectivity index (χ4n) is 2.49. The van der Waals surface area contributed by atoms with Crippen LogP contribution in [-0.4, -0.2) is 44.6 Å². The summed E-state index contributed by atoms with van der Waals surface area (Å²) in [5.74, 6) is 0.431. The Morgan fingerprint density at radius 1 is 1.21 bits per heavy atom. The summed E-state index contributed by atoms with van der Waals surface area (Å²) in [5.41, 5.74) is 1.65. The number of amides is 3. The molecule has 0 aliphatic carbocycles. The molecule has 0 radical (unpaired) electrons. The zero-order valence-electron chi connectivity index (χ0n) is 14.3. The number of carbonyl (C=O) groups is 2. The topological polar surface area (TPSA) is 77.1 Å². The van der Waals surface area contributed by atoms with E-state index in [2.05, 4.69) is 5.32 Å². The second kappa shape index (κ2) is 8.65. The molecule has 1 aromatic rings. The second-order valence-corrected chi connectivity index (χ2v) is 5.35. The number of nitrogens with one attached hydrogen (secondary N) is 1. The number of nitrogens with zero attached hydrogens (tertiary/aromatic N) is 1. The number of aryl methyl sites for hydroxylation is 1. The Hall–Kier alpha value is -2.12. The zero-order chi connectivity index (χ0) is 17.5. The van der Waals surface area contributed by atoms with Crippen LogP contribution in [0.2, 0.25) is 0 Å². The number of anilines is 1. The Kier molecular flexibility index (Phi) is 6.57. The first-order chi connectivity index (χ1) is 11.5. The molecule has 0 atom stereocenters. The van der Waals surface area contributed by atoms with Crippen molar-refractivity contribution >= 4 is 17.6 Å². The van der Waals surface area contributed by atoms with Crippen LogP contribution < -0.4 is 15.0 Å². The van der Waals surface area contributed by atoms with Crippen molar-refractivity contribution in [2.24, 2.45) is 0 Å². The maximum atomic E-state index is 11.9. The van der Waals surface area contributed by atoms with E-state index in [-0.39, 0.29) is 5.91 Å². The molecule has 7 heteroatoms. The summed E-state index contributed by atoms with van der Waals surface area (Å²) >= 11 is 0. The number of imide groups is 1. The molecule has 1 N–H and O–H groups in total. The van der Waals surface area contributed by atoms with Crippen molar-refractivity contribution in [3.63, 3.8) is 0 Å². The zero-order valence-corrected chi connectivity index (χ0v) is 14.3. The number of hydrogen-bond acceptors (Lipinski definition) is 5. The molecule has 1 aliphatic heterocycles. The van der Waals surface area contributed by atoms with Crippen LogP contribution in [0.5, 0.6) is 5.75 Å².